The van der Waals surface area contributed by atoms with Gasteiger partial charge in [0, 0.05) is 18.9 Å². The number of hydrogen-bond acceptors (Lipinski definition) is 7. The lowest BCUT2D eigenvalue weighted by molar-refractivity contribution is -0.147. The zero-order valence-electron chi connectivity index (χ0n) is 21.6. The van der Waals surface area contributed by atoms with Crippen molar-refractivity contribution in [3.8, 4) is 11.1 Å². The number of ether oxygens (including phenoxy) is 2. The van der Waals surface area contributed by atoms with Gasteiger partial charge in [0.15, 0.2) is 0 Å². The third-order valence-electron chi connectivity index (χ3n) is 6.60. The Labute approximate surface area is 230 Å². The molecule has 0 spiro atoms. The first-order valence-electron chi connectivity index (χ1n) is 12.8. The highest BCUT2D eigenvalue weighted by Gasteiger charge is 2.32. The Hall–Kier alpha value is -4.70. The van der Waals surface area contributed by atoms with Crippen LogP contribution in [0.5, 0.6) is 0 Å². The molecule has 0 bridgehead atoms. The quantitative estimate of drug-likeness (QED) is 0.253. The number of carboxylic acids is 1. The van der Waals surface area contributed by atoms with Gasteiger partial charge in [-0.05, 0) is 27.8 Å². The number of aliphatic hydroxyl groups excluding tert-OH is 1. The molecule has 0 heterocycles. The summed E-state index contributed by atoms with van der Waals surface area (Å²) < 4.78 is 10.7. The topological polar surface area (TPSA) is 151 Å². The number of carbonyl (C=O) groups is 4. The molecule has 40 heavy (non-hydrogen) atoms. The fourth-order valence-electron chi connectivity index (χ4n) is 4.61. The summed E-state index contributed by atoms with van der Waals surface area (Å²) in [4.78, 5) is 49.8. The van der Waals surface area contributed by atoms with Gasteiger partial charge in [-0.1, -0.05) is 78.9 Å². The lowest BCUT2D eigenvalue weighted by Crippen LogP contribution is -2.52. The van der Waals surface area contributed by atoms with E-state index in [9.17, 15) is 24.3 Å². The first kappa shape index (κ1) is 28.3. The highest BCUT2D eigenvalue weighted by Crippen LogP contribution is 2.44. The Morgan fingerprint density at radius 3 is 1.98 bits per heavy atom. The number of benzene rings is 3. The largest absolute Gasteiger partial charge is 0.480 e. The van der Waals surface area contributed by atoms with Gasteiger partial charge in [0.2, 0.25) is 5.91 Å². The minimum atomic E-state index is -1.47. The van der Waals surface area contributed by atoms with Crippen molar-refractivity contribution in [3.63, 3.8) is 0 Å². The number of rotatable bonds is 12. The Balaban J connectivity index is 1.42. The summed E-state index contributed by atoms with van der Waals surface area (Å²) in [6, 6.07) is 21.6. The maximum absolute atomic E-state index is 12.9. The molecule has 1 aliphatic carbocycles. The van der Waals surface area contributed by atoms with Crippen molar-refractivity contribution in [2.45, 2.75) is 37.5 Å². The molecule has 0 unspecified atom stereocenters. The molecule has 0 fully saturated rings. The van der Waals surface area contributed by atoms with Crippen molar-refractivity contribution in [1.82, 2.24) is 10.6 Å². The monoisotopic (exact) mass is 546 g/mol. The van der Waals surface area contributed by atoms with Crippen LogP contribution >= 0.6 is 0 Å². The van der Waals surface area contributed by atoms with Crippen LogP contribution in [0.25, 0.3) is 11.1 Å². The molecule has 1 aliphatic rings. The Bertz CT molecular complexity index is 1320. The number of hydrogen-bond donors (Lipinski definition) is 4. The molecule has 0 saturated heterocycles. The third kappa shape index (κ3) is 7.03. The van der Waals surface area contributed by atoms with Crippen LogP contribution in [0.4, 0.5) is 4.79 Å². The van der Waals surface area contributed by atoms with Gasteiger partial charge in [-0.15, -0.1) is 0 Å². The SMILES string of the molecule is O=C(C[C@H](NC(=O)OCC1c2ccccc2-c2ccccc21)C(=O)N[C@H](CCO)C(=O)O)OCc1ccccc1. The first-order chi connectivity index (χ1) is 19.4. The van der Waals surface area contributed by atoms with Crippen LogP contribution in [-0.2, 0) is 30.5 Å². The maximum atomic E-state index is 12.9. The zero-order chi connectivity index (χ0) is 28.5. The molecule has 0 aliphatic heterocycles. The number of nitrogens with one attached hydrogen (secondary N) is 2. The molecule has 10 nitrogen and oxygen atoms in total. The minimum Gasteiger partial charge on any atom is -0.480 e. The lowest BCUT2D eigenvalue weighted by atomic mass is 9.98. The summed E-state index contributed by atoms with van der Waals surface area (Å²) in [5.41, 5.74) is 4.84. The van der Waals surface area contributed by atoms with Gasteiger partial charge in [0.25, 0.3) is 0 Å². The normalized spacial score (nSPS) is 13.3. The zero-order valence-corrected chi connectivity index (χ0v) is 21.6. The van der Waals surface area contributed by atoms with Crippen molar-refractivity contribution in [2.75, 3.05) is 13.2 Å². The molecule has 2 atom stereocenters. The van der Waals surface area contributed by atoms with E-state index in [4.69, 9.17) is 14.6 Å². The Kier molecular flexibility index (Phi) is 9.48. The van der Waals surface area contributed by atoms with Crippen molar-refractivity contribution in [1.29, 1.82) is 0 Å². The lowest BCUT2D eigenvalue weighted by Gasteiger charge is -2.21. The van der Waals surface area contributed by atoms with E-state index in [1.54, 1.807) is 24.3 Å². The summed E-state index contributed by atoms with van der Waals surface area (Å²) in [5.74, 6) is -3.29. The molecule has 0 radical (unpaired) electrons. The van der Waals surface area contributed by atoms with E-state index in [1.807, 2.05) is 54.6 Å². The summed E-state index contributed by atoms with van der Waals surface area (Å²) in [7, 11) is 0. The highest BCUT2D eigenvalue weighted by atomic mass is 16.5. The average molecular weight is 547 g/mol. The van der Waals surface area contributed by atoms with E-state index < -0.39 is 49.1 Å². The number of esters is 1. The molecule has 10 heteroatoms. The summed E-state index contributed by atoms with van der Waals surface area (Å²) in [6.45, 7) is -0.545. The molecule has 208 valence electrons. The molecular weight excluding hydrogens is 516 g/mol. The molecule has 4 N–H and O–H groups in total. The number of alkyl carbamates (subject to hydrolysis) is 1. The molecule has 4 rings (SSSR count). The second-order valence-electron chi connectivity index (χ2n) is 9.28. The molecule has 0 aromatic heterocycles. The van der Waals surface area contributed by atoms with Crippen LogP contribution in [0.1, 0.15) is 35.4 Å². The van der Waals surface area contributed by atoms with Crippen molar-refractivity contribution in [3.05, 3.63) is 95.6 Å². The van der Waals surface area contributed by atoms with E-state index in [1.165, 1.54) is 0 Å². The van der Waals surface area contributed by atoms with Gasteiger partial charge < -0.3 is 30.3 Å². The highest BCUT2D eigenvalue weighted by molar-refractivity contribution is 5.92. The number of aliphatic carboxylic acids is 1. The van der Waals surface area contributed by atoms with Crippen molar-refractivity contribution >= 4 is 23.9 Å². The van der Waals surface area contributed by atoms with Crippen LogP contribution < -0.4 is 10.6 Å². The van der Waals surface area contributed by atoms with Crippen LogP contribution in [0.3, 0.4) is 0 Å². The van der Waals surface area contributed by atoms with Crippen LogP contribution in [-0.4, -0.2) is 59.4 Å². The second kappa shape index (κ2) is 13.4. The van der Waals surface area contributed by atoms with E-state index >= 15 is 0 Å². The standard InChI is InChI=1S/C30H30N2O8/c33-15-14-25(29(36)37)31-28(35)26(16-27(34)39-17-19-8-2-1-3-9-19)32-30(38)40-18-24-22-12-6-4-10-20(22)21-11-5-7-13-23(21)24/h1-13,24-26,33H,14-18H2,(H,31,35)(H,32,38)(H,36,37)/t25-,26+/m1/s1. The molecule has 3 aromatic rings. The number of amides is 2. The fraction of sp³-hybridized carbons (Fsp3) is 0.267. The van der Waals surface area contributed by atoms with Gasteiger partial charge >= 0.3 is 18.0 Å². The summed E-state index contributed by atoms with van der Waals surface area (Å²) in [5, 5.41) is 23.1. The van der Waals surface area contributed by atoms with E-state index in [-0.39, 0.29) is 25.6 Å². The molecule has 0 saturated carbocycles. The average Bonchev–Trinajstić information content (AvgIpc) is 3.28. The predicted molar refractivity (Wildman–Crippen MR) is 144 cm³/mol. The number of carbonyl (C=O) groups excluding carboxylic acids is 3. The number of aliphatic hydroxyl groups is 1. The van der Waals surface area contributed by atoms with E-state index in [0.717, 1.165) is 27.8 Å². The molecule has 2 amide bonds. The van der Waals surface area contributed by atoms with Crippen LogP contribution in [0.2, 0.25) is 0 Å². The third-order valence-corrected chi connectivity index (χ3v) is 6.60. The van der Waals surface area contributed by atoms with Crippen molar-refractivity contribution < 1.29 is 38.9 Å². The Morgan fingerprint density at radius 1 is 0.775 bits per heavy atom. The van der Waals surface area contributed by atoms with Crippen molar-refractivity contribution in [2.24, 2.45) is 0 Å². The predicted octanol–water partition coefficient (Wildman–Crippen LogP) is 2.98. The Morgan fingerprint density at radius 2 is 1.38 bits per heavy atom. The van der Waals surface area contributed by atoms with E-state index in [2.05, 4.69) is 10.6 Å². The van der Waals surface area contributed by atoms with E-state index in [0.29, 0.717) is 0 Å². The van der Waals surface area contributed by atoms with Crippen LogP contribution in [0.15, 0.2) is 78.9 Å². The fourth-order valence-corrected chi connectivity index (χ4v) is 4.61. The minimum absolute atomic E-state index is 0.0189. The summed E-state index contributed by atoms with van der Waals surface area (Å²) >= 11 is 0. The van der Waals surface area contributed by atoms with Gasteiger partial charge in [0.05, 0.1) is 6.42 Å². The smallest absolute Gasteiger partial charge is 0.407 e. The van der Waals surface area contributed by atoms with Gasteiger partial charge in [-0.2, -0.15) is 0 Å². The van der Waals surface area contributed by atoms with Crippen LogP contribution in [0, 0.1) is 0 Å². The second-order valence-corrected chi connectivity index (χ2v) is 9.28. The molecular formula is C30H30N2O8. The maximum Gasteiger partial charge on any atom is 0.407 e. The molecule has 3 aromatic carbocycles. The van der Waals surface area contributed by atoms with Gasteiger partial charge in [-0.3, -0.25) is 9.59 Å². The number of fused-ring (bicyclic) bond motifs is 3. The van der Waals surface area contributed by atoms with Gasteiger partial charge in [-0.25, -0.2) is 9.59 Å². The van der Waals surface area contributed by atoms with Gasteiger partial charge in [0.1, 0.15) is 25.3 Å². The first-order valence-corrected chi connectivity index (χ1v) is 12.8. The summed E-state index contributed by atoms with van der Waals surface area (Å²) in [6.07, 6.45) is -1.77. The number of carboxylic acid groups (broad SMARTS) is 1.